The fourth-order valence-corrected chi connectivity index (χ4v) is 2.81. The second-order valence-corrected chi connectivity index (χ2v) is 6.48. The lowest BCUT2D eigenvalue weighted by Crippen LogP contribution is -2.48. The summed E-state index contributed by atoms with van der Waals surface area (Å²) in [6.45, 7) is 1.65. The SMILES string of the molecule is NCCNCc1cccc(C(=O)NC(Cc2cccc(C(=O)O)c2O)B(O)O)c1. The van der Waals surface area contributed by atoms with Crippen LogP contribution >= 0.6 is 0 Å². The molecule has 2 aromatic carbocycles. The highest BCUT2D eigenvalue weighted by molar-refractivity contribution is 6.43. The number of carboxylic acids is 1. The summed E-state index contributed by atoms with van der Waals surface area (Å²) in [5.41, 5.74) is 6.48. The molecule has 0 aliphatic heterocycles. The predicted molar refractivity (Wildman–Crippen MR) is 107 cm³/mol. The van der Waals surface area contributed by atoms with Crippen LogP contribution in [0.15, 0.2) is 42.5 Å². The largest absolute Gasteiger partial charge is 0.507 e. The number of carbonyl (C=O) groups is 2. The summed E-state index contributed by atoms with van der Waals surface area (Å²) >= 11 is 0. The number of aromatic hydroxyl groups is 1. The van der Waals surface area contributed by atoms with Crippen LogP contribution in [0.25, 0.3) is 0 Å². The minimum Gasteiger partial charge on any atom is -0.507 e. The Labute approximate surface area is 168 Å². The van der Waals surface area contributed by atoms with Gasteiger partial charge in [0.25, 0.3) is 5.91 Å². The number of rotatable bonds is 10. The van der Waals surface area contributed by atoms with E-state index in [1.54, 1.807) is 18.2 Å². The minimum atomic E-state index is -1.92. The third-order valence-corrected chi connectivity index (χ3v) is 4.31. The topological polar surface area (TPSA) is 165 Å². The highest BCUT2D eigenvalue weighted by atomic mass is 16.4. The van der Waals surface area contributed by atoms with Crippen molar-refractivity contribution in [2.45, 2.75) is 18.9 Å². The molecule has 1 unspecified atom stereocenters. The van der Waals surface area contributed by atoms with E-state index in [4.69, 9.17) is 10.8 Å². The lowest BCUT2D eigenvalue weighted by Gasteiger charge is -2.19. The number of nitrogens with two attached hydrogens (primary N) is 1. The smallest absolute Gasteiger partial charge is 0.475 e. The van der Waals surface area contributed by atoms with E-state index in [0.29, 0.717) is 25.2 Å². The Balaban J connectivity index is 2.13. The summed E-state index contributed by atoms with van der Waals surface area (Å²) in [5.74, 6) is -3.48. The molecule has 8 N–H and O–H groups in total. The fourth-order valence-electron chi connectivity index (χ4n) is 2.81. The van der Waals surface area contributed by atoms with Crippen LogP contribution in [0.1, 0.15) is 31.8 Å². The fraction of sp³-hybridized carbons (Fsp3) is 0.263. The summed E-state index contributed by atoms with van der Waals surface area (Å²) in [4.78, 5) is 23.7. The Morgan fingerprint density at radius 1 is 1.14 bits per heavy atom. The van der Waals surface area contributed by atoms with Crippen molar-refractivity contribution in [3.63, 3.8) is 0 Å². The number of para-hydroxylation sites is 1. The molecule has 0 saturated carbocycles. The normalized spacial score (nSPS) is 11.7. The second-order valence-electron chi connectivity index (χ2n) is 6.48. The first-order valence-corrected chi connectivity index (χ1v) is 9.04. The molecule has 0 aromatic heterocycles. The van der Waals surface area contributed by atoms with Crippen LogP contribution in [-0.2, 0) is 13.0 Å². The van der Waals surface area contributed by atoms with E-state index in [1.165, 1.54) is 18.2 Å². The van der Waals surface area contributed by atoms with Crippen molar-refractivity contribution in [1.82, 2.24) is 10.6 Å². The third-order valence-electron chi connectivity index (χ3n) is 4.31. The number of carbonyl (C=O) groups excluding carboxylic acids is 1. The van der Waals surface area contributed by atoms with Crippen molar-refractivity contribution in [2.75, 3.05) is 13.1 Å². The maximum atomic E-state index is 12.6. The second kappa shape index (κ2) is 10.6. The molecule has 154 valence electrons. The summed E-state index contributed by atoms with van der Waals surface area (Å²) in [5, 5.41) is 44.1. The van der Waals surface area contributed by atoms with E-state index >= 15 is 0 Å². The maximum absolute atomic E-state index is 12.6. The van der Waals surface area contributed by atoms with Gasteiger partial charge >= 0.3 is 13.1 Å². The van der Waals surface area contributed by atoms with E-state index in [9.17, 15) is 24.7 Å². The van der Waals surface area contributed by atoms with Crippen molar-refractivity contribution in [1.29, 1.82) is 0 Å². The highest BCUT2D eigenvalue weighted by Crippen LogP contribution is 2.24. The molecule has 0 aliphatic rings. The van der Waals surface area contributed by atoms with Gasteiger partial charge in [-0.25, -0.2) is 4.79 Å². The van der Waals surface area contributed by atoms with Gasteiger partial charge in [0.05, 0.1) is 5.94 Å². The van der Waals surface area contributed by atoms with Crippen molar-refractivity contribution >= 4 is 19.0 Å². The van der Waals surface area contributed by atoms with Crippen LogP contribution < -0.4 is 16.4 Å². The molecule has 0 spiro atoms. The minimum absolute atomic E-state index is 0.169. The number of phenols is 1. The molecule has 0 saturated heterocycles. The molecule has 0 bridgehead atoms. The van der Waals surface area contributed by atoms with Crippen molar-refractivity contribution in [3.05, 3.63) is 64.7 Å². The Morgan fingerprint density at radius 3 is 2.52 bits per heavy atom. The predicted octanol–water partition coefficient (Wildman–Crippen LogP) is -0.508. The lowest BCUT2D eigenvalue weighted by molar-refractivity contribution is 0.0693. The molecular formula is C19H24BN3O6. The van der Waals surface area contributed by atoms with Gasteiger partial charge in [-0.3, -0.25) is 4.79 Å². The summed E-state index contributed by atoms with van der Waals surface area (Å²) in [7, 11) is -1.92. The van der Waals surface area contributed by atoms with E-state index in [0.717, 1.165) is 5.56 Å². The molecule has 1 atom stereocenters. The molecule has 1 amide bonds. The van der Waals surface area contributed by atoms with Gasteiger partial charge in [-0.15, -0.1) is 0 Å². The Hall–Kier alpha value is -2.92. The molecule has 29 heavy (non-hydrogen) atoms. The first-order valence-electron chi connectivity index (χ1n) is 9.04. The maximum Gasteiger partial charge on any atom is 0.475 e. The number of aromatic carboxylic acids is 1. The number of benzene rings is 2. The van der Waals surface area contributed by atoms with Crippen LogP contribution in [0.4, 0.5) is 0 Å². The average Bonchev–Trinajstić information content (AvgIpc) is 2.69. The quantitative estimate of drug-likeness (QED) is 0.207. The first kappa shape index (κ1) is 22.4. The molecule has 9 nitrogen and oxygen atoms in total. The van der Waals surface area contributed by atoms with Crippen molar-refractivity contribution < 1.29 is 29.9 Å². The molecular weight excluding hydrogens is 377 g/mol. The number of nitrogens with one attached hydrogen (secondary N) is 2. The van der Waals surface area contributed by atoms with E-state index in [-0.39, 0.29) is 17.5 Å². The molecule has 0 fully saturated rings. The first-order chi connectivity index (χ1) is 13.8. The van der Waals surface area contributed by atoms with Crippen LogP contribution in [0.3, 0.4) is 0 Å². The van der Waals surface area contributed by atoms with Gasteiger partial charge in [0.1, 0.15) is 11.3 Å². The van der Waals surface area contributed by atoms with Crippen molar-refractivity contribution in [2.24, 2.45) is 5.73 Å². The monoisotopic (exact) mass is 401 g/mol. The zero-order chi connectivity index (χ0) is 21.4. The molecule has 2 aromatic rings. The van der Waals surface area contributed by atoms with Gasteiger partial charge in [-0.05, 0) is 35.7 Å². The highest BCUT2D eigenvalue weighted by Gasteiger charge is 2.28. The van der Waals surface area contributed by atoms with Gasteiger partial charge in [-0.1, -0.05) is 24.3 Å². The van der Waals surface area contributed by atoms with Gasteiger partial charge in [-0.2, -0.15) is 0 Å². The standard InChI is InChI=1S/C19H24BN3O6/c21-7-8-22-11-12-3-1-5-14(9-12)18(25)23-16(20(28)29)10-13-4-2-6-15(17(13)24)19(26)27/h1-6,9,16,22,24,28-29H,7-8,10-11,21H2,(H,23,25)(H,26,27). The number of hydrogen-bond donors (Lipinski definition) is 7. The zero-order valence-electron chi connectivity index (χ0n) is 15.7. The van der Waals surface area contributed by atoms with Gasteiger partial charge < -0.3 is 36.6 Å². The molecule has 10 heteroatoms. The van der Waals surface area contributed by atoms with E-state index in [1.807, 2.05) is 6.07 Å². The van der Waals surface area contributed by atoms with Gasteiger partial charge in [0, 0.05) is 25.2 Å². The summed E-state index contributed by atoms with van der Waals surface area (Å²) in [6.07, 6.45) is -0.173. The zero-order valence-corrected chi connectivity index (χ0v) is 15.7. The molecule has 2 rings (SSSR count). The Morgan fingerprint density at radius 2 is 1.86 bits per heavy atom. The number of carboxylic acid groups (broad SMARTS) is 1. The number of amides is 1. The summed E-state index contributed by atoms with van der Waals surface area (Å²) in [6, 6.07) is 10.9. The van der Waals surface area contributed by atoms with E-state index in [2.05, 4.69) is 10.6 Å². The van der Waals surface area contributed by atoms with Gasteiger partial charge in [0.15, 0.2) is 0 Å². The Bertz CT molecular complexity index is 862. The summed E-state index contributed by atoms with van der Waals surface area (Å²) < 4.78 is 0. The lowest BCUT2D eigenvalue weighted by atomic mass is 9.75. The van der Waals surface area contributed by atoms with Crippen LogP contribution in [-0.4, -0.2) is 58.3 Å². The average molecular weight is 401 g/mol. The molecule has 0 radical (unpaired) electrons. The van der Waals surface area contributed by atoms with Crippen LogP contribution in [0, 0.1) is 0 Å². The van der Waals surface area contributed by atoms with E-state index < -0.39 is 30.7 Å². The van der Waals surface area contributed by atoms with Crippen LogP contribution in [0.2, 0.25) is 0 Å². The Kier molecular flexibility index (Phi) is 8.16. The van der Waals surface area contributed by atoms with Crippen LogP contribution in [0.5, 0.6) is 5.75 Å². The van der Waals surface area contributed by atoms with Gasteiger partial charge in [0.2, 0.25) is 0 Å². The molecule has 0 heterocycles. The third kappa shape index (κ3) is 6.29. The number of hydrogen-bond acceptors (Lipinski definition) is 7. The van der Waals surface area contributed by atoms with Crippen molar-refractivity contribution in [3.8, 4) is 5.75 Å². The molecule has 0 aliphatic carbocycles.